The summed E-state index contributed by atoms with van der Waals surface area (Å²) in [6.45, 7) is 3.36. The molecule has 0 radical (unpaired) electrons. The minimum atomic E-state index is -1.05. The molecule has 3 unspecified atom stereocenters. The van der Waals surface area contributed by atoms with E-state index >= 15 is 0 Å². The first kappa shape index (κ1) is 14.0. The summed E-state index contributed by atoms with van der Waals surface area (Å²) in [5.74, 6) is -0.787. The molecule has 0 saturated heterocycles. The monoisotopic (exact) mass is 243 g/mol. The Kier molecular flexibility index (Phi) is 5.41. The summed E-state index contributed by atoms with van der Waals surface area (Å²) in [6.07, 6.45) is 3.56. The van der Waals surface area contributed by atoms with Crippen LogP contribution < -0.4 is 5.32 Å². The third-order valence-electron chi connectivity index (χ3n) is 3.27. The second kappa shape index (κ2) is 6.59. The molecule has 0 aromatic rings. The Labute approximate surface area is 102 Å². The van der Waals surface area contributed by atoms with Crippen LogP contribution in [0.4, 0.5) is 0 Å². The van der Waals surface area contributed by atoms with Crippen molar-refractivity contribution in [3.63, 3.8) is 0 Å². The lowest BCUT2D eigenvalue weighted by Crippen LogP contribution is -2.43. The normalized spacial score (nSPS) is 26.2. The molecule has 3 atom stereocenters. The van der Waals surface area contributed by atoms with Crippen LogP contribution in [0.1, 0.15) is 39.5 Å². The van der Waals surface area contributed by atoms with Gasteiger partial charge in [0.2, 0.25) is 5.91 Å². The summed E-state index contributed by atoms with van der Waals surface area (Å²) in [5.41, 5.74) is 0. The van der Waals surface area contributed by atoms with E-state index in [1.165, 1.54) is 13.3 Å². The van der Waals surface area contributed by atoms with E-state index in [9.17, 15) is 9.59 Å². The molecule has 2 N–H and O–H groups in total. The van der Waals surface area contributed by atoms with Crippen molar-refractivity contribution in [1.29, 1.82) is 0 Å². The van der Waals surface area contributed by atoms with Crippen molar-refractivity contribution in [1.82, 2.24) is 5.32 Å². The molecule has 0 heterocycles. The maximum atomic E-state index is 11.6. The lowest BCUT2D eigenvalue weighted by molar-refractivity contribution is -0.151. The zero-order chi connectivity index (χ0) is 12.8. The van der Waals surface area contributed by atoms with Gasteiger partial charge in [0.05, 0.1) is 0 Å². The fourth-order valence-corrected chi connectivity index (χ4v) is 2.05. The summed E-state index contributed by atoms with van der Waals surface area (Å²) in [7, 11) is 0. The van der Waals surface area contributed by atoms with Gasteiger partial charge in [-0.2, -0.15) is 0 Å². The number of amides is 1. The number of ether oxygens (including phenoxy) is 1. The minimum absolute atomic E-state index is 0.184. The van der Waals surface area contributed by atoms with Crippen LogP contribution in [-0.2, 0) is 14.3 Å². The third kappa shape index (κ3) is 4.73. The molecular weight excluding hydrogens is 222 g/mol. The van der Waals surface area contributed by atoms with Crippen LogP contribution in [0.3, 0.4) is 0 Å². The highest BCUT2D eigenvalue weighted by Gasteiger charge is 2.23. The summed E-state index contributed by atoms with van der Waals surface area (Å²) < 4.78 is 4.93. The maximum Gasteiger partial charge on any atom is 0.332 e. The second-order valence-electron chi connectivity index (χ2n) is 4.73. The number of carbonyl (C=O) groups excluding carboxylic acids is 1. The number of rotatable bonds is 5. The zero-order valence-electron chi connectivity index (χ0n) is 10.4. The first-order valence-corrected chi connectivity index (χ1v) is 6.14. The van der Waals surface area contributed by atoms with Gasteiger partial charge in [-0.1, -0.05) is 19.8 Å². The van der Waals surface area contributed by atoms with E-state index in [0.717, 1.165) is 19.3 Å². The van der Waals surface area contributed by atoms with E-state index in [4.69, 9.17) is 9.84 Å². The van der Waals surface area contributed by atoms with E-state index in [0.29, 0.717) is 5.92 Å². The summed E-state index contributed by atoms with van der Waals surface area (Å²) in [4.78, 5) is 22.1. The Morgan fingerprint density at radius 3 is 2.65 bits per heavy atom. The van der Waals surface area contributed by atoms with E-state index in [2.05, 4.69) is 12.2 Å². The van der Waals surface area contributed by atoms with Gasteiger partial charge in [0, 0.05) is 6.04 Å². The summed E-state index contributed by atoms with van der Waals surface area (Å²) in [6, 6.07) is 0.208. The molecule has 1 saturated carbocycles. The molecule has 5 nitrogen and oxygen atoms in total. The molecule has 1 amide bonds. The smallest absolute Gasteiger partial charge is 0.332 e. The molecule has 0 aromatic carbocycles. The first-order valence-electron chi connectivity index (χ1n) is 6.14. The van der Waals surface area contributed by atoms with Gasteiger partial charge in [-0.25, -0.2) is 4.79 Å². The Bertz CT molecular complexity index is 280. The number of carbonyl (C=O) groups is 2. The topological polar surface area (TPSA) is 75.6 Å². The number of aliphatic carboxylic acids is 1. The Balaban J connectivity index is 2.26. The lowest BCUT2D eigenvalue weighted by atomic mass is 9.86. The van der Waals surface area contributed by atoms with Gasteiger partial charge in [-0.15, -0.1) is 0 Å². The molecule has 1 aliphatic rings. The van der Waals surface area contributed by atoms with Gasteiger partial charge in [-0.3, -0.25) is 4.79 Å². The standard InChI is InChI=1S/C12H21NO4/c1-8-5-3-4-6-10(8)13-11(14)7-17-9(2)12(15)16/h8-10H,3-7H2,1-2H3,(H,13,14)(H,15,16). The van der Waals surface area contributed by atoms with Crippen molar-refractivity contribution < 1.29 is 19.4 Å². The molecule has 17 heavy (non-hydrogen) atoms. The van der Waals surface area contributed by atoms with E-state index in [1.54, 1.807) is 0 Å². The predicted octanol–water partition coefficient (Wildman–Crippen LogP) is 1.17. The second-order valence-corrected chi connectivity index (χ2v) is 4.73. The van der Waals surface area contributed by atoms with E-state index in [1.807, 2.05) is 0 Å². The Morgan fingerprint density at radius 1 is 1.41 bits per heavy atom. The first-order chi connectivity index (χ1) is 8.00. The lowest BCUT2D eigenvalue weighted by Gasteiger charge is -2.29. The van der Waals surface area contributed by atoms with Gasteiger partial charge in [0.15, 0.2) is 6.10 Å². The van der Waals surface area contributed by atoms with E-state index < -0.39 is 12.1 Å². The zero-order valence-corrected chi connectivity index (χ0v) is 10.4. The fraction of sp³-hybridized carbons (Fsp3) is 0.833. The highest BCUT2D eigenvalue weighted by molar-refractivity contribution is 5.78. The van der Waals surface area contributed by atoms with Crippen molar-refractivity contribution in [2.24, 2.45) is 5.92 Å². The van der Waals surface area contributed by atoms with Gasteiger partial charge >= 0.3 is 5.97 Å². The Morgan fingerprint density at radius 2 is 2.06 bits per heavy atom. The number of hydrogen-bond donors (Lipinski definition) is 2. The van der Waals surface area contributed by atoms with Crippen molar-refractivity contribution >= 4 is 11.9 Å². The third-order valence-corrected chi connectivity index (χ3v) is 3.27. The predicted molar refractivity (Wildman–Crippen MR) is 62.6 cm³/mol. The molecule has 98 valence electrons. The van der Waals surface area contributed by atoms with Crippen LogP contribution in [0.15, 0.2) is 0 Å². The summed E-state index contributed by atoms with van der Waals surface area (Å²) in [5, 5.41) is 11.5. The van der Waals surface area contributed by atoms with E-state index in [-0.39, 0.29) is 18.6 Å². The van der Waals surface area contributed by atoms with Crippen LogP contribution in [0.25, 0.3) is 0 Å². The Hall–Kier alpha value is -1.10. The maximum absolute atomic E-state index is 11.6. The van der Waals surface area contributed by atoms with Crippen LogP contribution in [0, 0.1) is 5.92 Å². The largest absolute Gasteiger partial charge is 0.479 e. The van der Waals surface area contributed by atoms with Crippen LogP contribution >= 0.6 is 0 Å². The van der Waals surface area contributed by atoms with Crippen molar-refractivity contribution in [3.8, 4) is 0 Å². The van der Waals surface area contributed by atoms with Crippen molar-refractivity contribution in [2.45, 2.75) is 51.7 Å². The highest BCUT2D eigenvalue weighted by atomic mass is 16.5. The molecule has 5 heteroatoms. The SMILES string of the molecule is CC(OCC(=O)NC1CCCCC1C)C(=O)O. The quantitative estimate of drug-likeness (QED) is 0.760. The molecule has 1 rings (SSSR count). The molecule has 1 fully saturated rings. The minimum Gasteiger partial charge on any atom is -0.479 e. The molecular formula is C12H21NO4. The molecule has 0 aromatic heterocycles. The van der Waals surface area contributed by atoms with Gasteiger partial charge in [0.1, 0.15) is 6.61 Å². The summed E-state index contributed by atoms with van der Waals surface area (Å²) >= 11 is 0. The van der Waals surface area contributed by atoms with Gasteiger partial charge < -0.3 is 15.2 Å². The number of carboxylic acids is 1. The average molecular weight is 243 g/mol. The van der Waals surface area contributed by atoms with Gasteiger partial charge in [0.25, 0.3) is 0 Å². The van der Waals surface area contributed by atoms with Crippen LogP contribution in [-0.4, -0.2) is 35.7 Å². The van der Waals surface area contributed by atoms with Crippen LogP contribution in [0.2, 0.25) is 0 Å². The molecule has 0 bridgehead atoms. The fourth-order valence-electron chi connectivity index (χ4n) is 2.05. The van der Waals surface area contributed by atoms with Crippen LogP contribution in [0.5, 0.6) is 0 Å². The van der Waals surface area contributed by atoms with Crippen molar-refractivity contribution in [3.05, 3.63) is 0 Å². The van der Waals surface area contributed by atoms with Gasteiger partial charge in [-0.05, 0) is 25.7 Å². The number of hydrogen-bond acceptors (Lipinski definition) is 3. The highest BCUT2D eigenvalue weighted by Crippen LogP contribution is 2.23. The molecule has 0 aliphatic heterocycles. The molecule has 1 aliphatic carbocycles. The molecule has 0 spiro atoms. The average Bonchev–Trinajstić information content (AvgIpc) is 2.29. The number of carboxylic acid groups (broad SMARTS) is 1. The number of nitrogens with one attached hydrogen (secondary N) is 1. The van der Waals surface area contributed by atoms with Crippen molar-refractivity contribution in [2.75, 3.05) is 6.61 Å².